The van der Waals surface area contributed by atoms with E-state index in [1.807, 2.05) is 23.7 Å². The quantitative estimate of drug-likeness (QED) is 0.302. The first-order chi connectivity index (χ1) is 18.0. The zero-order valence-corrected chi connectivity index (χ0v) is 21.9. The average Bonchev–Trinajstić information content (AvgIpc) is 3.51. The largest absolute Gasteiger partial charge is 0.469 e. The Morgan fingerprint density at radius 3 is 2.84 bits per heavy atom. The molecule has 1 aromatic carbocycles. The molecular weight excluding hydrogens is 462 g/mol. The van der Waals surface area contributed by atoms with Gasteiger partial charge >= 0.3 is 5.97 Å². The third-order valence-electron chi connectivity index (χ3n) is 7.42. The SMILES string of the molecule is COC(=O)C[C@H](CN1CC[C@@H](CCc2ccc3cccnc3n2)C1)c1cccc(-n2nc(C)cc2C)c1. The Bertz CT molecular complexity index is 1380. The molecular formula is C30H35N5O2. The summed E-state index contributed by atoms with van der Waals surface area (Å²) in [5, 5.41) is 5.72. The molecule has 4 heterocycles. The molecule has 5 rings (SSSR count). The topological polar surface area (TPSA) is 73.1 Å². The smallest absolute Gasteiger partial charge is 0.306 e. The molecule has 0 unspecified atom stereocenters. The predicted octanol–water partition coefficient (Wildman–Crippen LogP) is 5.03. The normalized spacial score (nSPS) is 16.8. The van der Waals surface area contributed by atoms with Gasteiger partial charge in [0.15, 0.2) is 5.65 Å². The molecule has 192 valence electrons. The molecule has 0 radical (unpaired) electrons. The second-order valence-electron chi connectivity index (χ2n) is 10.2. The number of likely N-dealkylation sites (tertiary alicyclic amines) is 1. The van der Waals surface area contributed by atoms with Gasteiger partial charge < -0.3 is 9.64 Å². The van der Waals surface area contributed by atoms with Crippen molar-refractivity contribution >= 4 is 17.0 Å². The number of benzene rings is 1. The van der Waals surface area contributed by atoms with Gasteiger partial charge in [0, 0.05) is 42.0 Å². The van der Waals surface area contributed by atoms with Crippen molar-refractivity contribution in [1.29, 1.82) is 0 Å². The highest BCUT2D eigenvalue weighted by Gasteiger charge is 2.27. The van der Waals surface area contributed by atoms with Gasteiger partial charge in [0.2, 0.25) is 0 Å². The third kappa shape index (κ3) is 6.05. The molecule has 0 spiro atoms. The van der Waals surface area contributed by atoms with Crippen molar-refractivity contribution in [2.24, 2.45) is 5.92 Å². The summed E-state index contributed by atoms with van der Waals surface area (Å²) >= 11 is 0. The number of carbonyl (C=O) groups excluding carboxylic acids is 1. The van der Waals surface area contributed by atoms with Crippen molar-refractivity contribution in [2.45, 2.75) is 45.4 Å². The summed E-state index contributed by atoms with van der Waals surface area (Å²) in [5.74, 6) is 0.519. The maximum atomic E-state index is 12.3. The molecule has 0 amide bonds. The maximum Gasteiger partial charge on any atom is 0.306 e. The van der Waals surface area contributed by atoms with Crippen molar-refractivity contribution in [3.05, 3.63) is 83.4 Å². The van der Waals surface area contributed by atoms with Gasteiger partial charge in [-0.1, -0.05) is 12.1 Å². The van der Waals surface area contributed by atoms with Gasteiger partial charge in [0.05, 0.1) is 24.9 Å². The Labute approximate surface area is 218 Å². The number of hydrogen-bond acceptors (Lipinski definition) is 6. The second-order valence-corrected chi connectivity index (χ2v) is 10.2. The lowest BCUT2D eigenvalue weighted by Gasteiger charge is -2.24. The molecule has 0 aliphatic carbocycles. The van der Waals surface area contributed by atoms with Crippen LogP contribution in [0, 0.1) is 19.8 Å². The molecule has 1 aliphatic heterocycles. The van der Waals surface area contributed by atoms with Crippen LogP contribution in [0.4, 0.5) is 0 Å². The number of carbonyl (C=O) groups is 1. The molecule has 4 aromatic rings. The van der Waals surface area contributed by atoms with Gasteiger partial charge in [0.25, 0.3) is 0 Å². The summed E-state index contributed by atoms with van der Waals surface area (Å²) in [7, 11) is 1.47. The first-order valence-corrected chi connectivity index (χ1v) is 13.1. The van der Waals surface area contributed by atoms with E-state index in [-0.39, 0.29) is 11.9 Å². The number of aryl methyl sites for hydroxylation is 3. The molecule has 3 aromatic heterocycles. The molecule has 1 aliphatic rings. The minimum absolute atomic E-state index is 0.0661. The number of ether oxygens (including phenoxy) is 1. The number of methoxy groups -OCH3 is 1. The molecule has 0 bridgehead atoms. The number of fused-ring (bicyclic) bond motifs is 1. The monoisotopic (exact) mass is 497 g/mol. The van der Waals surface area contributed by atoms with Crippen molar-refractivity contribution in [1.82, 2.24) is 24.6 Å². The molecule has 37 heavy (non-hydrogen) atoms. The van der Waals surface area contributed by atoms with Crippen LogP contribution in [0.2, 0.25) is 0 Å². The van der Waals surface area contributed by atoms with Gasteiger partial charge in [-0.15, -0.1) is 0 Å². The van der Waals surface area contributed by atoms with Crippen molar-refractivity contribution in [3.63, 3.8) is 0 Å². The van der Waals surface area contributed by atoms with Crippen LogP contribution in [0.1, 0.15) is 47.8 Å². The van der Waals surface area contributed by atoms with E-state index in [1.165, 1.54) is 13.5 Å². The van der Waals surface area contributed by atoms with Gasteiger partial charge in [0.1, 0.15) is 0 Å². The molecule has 0 N–H and O–H groups in total. The Morgan fingerprint density at radius 1 is 1.14 bits per heavy atom. The zero-order valence-electron chi connectivity index (χ0n) is 21.9. The fourth-order valence-corrected chi connectivity index (χ4v) is 5.48. The first kappa shape index (κ1) is 25.1. The summed E-state index contributed by atoms with van der Waals surface area (Å²) < 4.78 is 7.02. The predicted molar refractivity (Wildman–Crippen MR) is 145 cm³/mol. The number of esters is 1. The van der Waals surface area contributed by atoms with E-state index < -0.39 is 0 Å². The highest BCUT2D eigenvalue weighted by molar-refractivity contribution is 5.74. The number of pyridine rings is 2. The standard InChI is InChI=1S/C30H35N5O2/c1-21-16-22(2)35(33-21)28-8-4-6-25(17-28)26(18-29(36)37-3)20-34-15-13-23(19-34)9-11-27-12-10-24-7-5-14-31-30(24)32-27/h4-8,10,12,14,16-17,23,26H,9,11,13,15,18-20H2,1-3H3/t23-,26-/m1/s1. The minimum atomic E-state index is -0.173. The van der Waals surface area contributed by atoms with E-state index in [4.69, 9.17) is 9.72 Å². The fourth-order valence-electron chi connectivity index (χ4n) is 5.48. The number of aromatic nitrogens is 4. The molecule has 1 saturated heterocycles. The summed E-state index contributed by atoms with van der Waals surface area (Å²) in [6.07, 6.45) is 5.40. The maximum absolute atomic E-state index is 12.3. The van der Waals surface area contributed by atoms with E-state index in [0.29, 0.717) is 12.3 Å². The number of nitrogens with zero attached hydrogens (tertiary/aromatic N) is 5. The Kier molecular flexibility index (Phi) is 7.60. The van der Waals surface area contributed by atoms with Crippen LogP contribution >= 0.6 is 0 Å². The number of rotatable bonds is 9. The fraction of sp³-hybridized carbons (Fsp3) is 0.400. The highest BCUT2D eigenvalue weighted by Crippen LogP contribution is 2.28. The lowest BCUT2D eigenvalue weighted by atomic mass is 9.94. The molecule has 2 atom stereocenters. The van der Waals surface area contributed by atoms with Crippen molar-refractivity contribution in [2.75, 3.05) is 26.7 Å². The average molecular weight is 498 g/mol. The Hall–Kier alpha value is -3.58. The lowest BCUT2D eigenvalue weighted by molar-refractivity contribution is -0.141. The second kappa shape index (κ2) is 11.2. The Balaban J connectivity index is 1.24. The summed E-state index contributed by atoms with van der Waals surface area (Å²) in [6.45, 7) is 6.99. The van der Waals surface area contributed by atoms with Crippen LogP contribution in [0.3, 0.4) is 0 Å². The van der Waals surface area contributed by atoms with E-state index in [1.54, 1.807) is 6.20 Å². The van der Waals surface area contributed by atoms with Gasteiger partial charge in [-0.25, -0.2) is 14.6 Å². The third-order valence-corrected chi connectivity index (χ3v) is 7.42. The van der Waals surface area contributed by atoms with Gasteiger partial charge in [-0.05, 0) is 93.6 Å². The Morgan fingerprint density at radius 2 is 2.03 bits per heavy atom. The minimum Gasteiger partial charge on any atom is -0.469 e. The summed E-state index contributed by atoms with van der Waals surface area (Å²) in [5.41, 5.74) is 6.18. The van der Waals surface area contributed by atoms with Crippen LogP contribution in [0.5, 0.6) is 0 Å². The number of hydrogen-bond donors (Lipinski definition) is 0. The van der Waals surface area contributed by atoms with Crippen LogP contribution in [-0.2, 0) is 16.0 Å². The highest BCUT2D eigenvalue weighted by atomic mass is 16.5. The van der Waals surface area contributed by atoms with Crippen molar-refractivity contribution in [3.8, 4) is 5.69 Å². The molecule has 0 saturated carbocycles. The summed E-state index contributed by atoms with van der Waals surface area (Å²) in [4.78, 5) is 24.0. The van der Waals surface area contributed by atoms with E-state index in [9.17, 15) is 4.79 Å². The van der Waals surface area contributed by atoms with Crippen LogP contribution in [-0.4, -0.2) is 57.4 Å². The summed E-state index contributed by atoms with van der Waals surface area (Å²) in [6, 6.07) is 18.7. The molecule has 1 fully saturated rings. The van der Waals surface area contributed by atoms with E-state index in [2.05, 4.69) is 64.4 Å². The van der Waals surface area contributed by atoms with Crippen LogP contribution in [0.25, 0.3) is 16.7 Å². The van der Waals surface area contributed by atoms with Gasteiger partial charge in [-0.3, -0.25) is 4.79 Å². The van der Waals surface area contributed by atoms with Crippen LogP contribution < -0.4 is 0 Å². The van der Waals surface area contributed by atoms with E-state index >= 15 is 0 Å². The van der Waals surface area contributed by atoms with Gasteiger partial charge in [-0.2, -0.15) is 5.10 Å². The first-order valence-electron chi connectivity index (χ1n) is 13.1. The molecule has 7 nitrogen and oxygen atoms in total. The van der Waals surface area contributed by atoms with Crippen LogP contribution in [0.15, 0.2) is 60.8 Å². The zero-order chi connectivity index (χ0) is 25.8. The lowest BCUT2D eigenvalue weighted by Crippen LogP contribution is -2.28. The van der Waals surface area contributed by atoms with Crippen molar-refractivity contribution < 1.29 is 9.53 Å². The molecule has 7 heteroatoms. The van der Waals surface area contributed by atoms with E-state index in [0.717, 1.165) is 71.8 Å².